The van der Waals surface area contributed by atoms with Crippen molar-refractivity contribution in [1.82, 2.24) is 0 Å². The first-order valence-corrected chi connectivity index (χ1v) is 11.6. The fourth-order valence-corrected chi connectivity index (χ4v) is 8.82. The van der Waals surface area contributed by atoms with Gasteiger partial charge in [0.05, 0.1) is 0 Å². The predicted molar refractivity (Wildman–Crippen MR) is 106 cm³/mol. The van der Waals surface area contributed by atoms with Gasteiger partial charge in [-0.25, -0.2) is 0 Å². The standard InChI is InChI=1S/C24H40O2/c1-16(7-12-22(25)26)19-10-11-20-18-9-8-17-6-4-5-14-23(17,2)21(18)13-15-24(19,20)3/h16-21H,4-15H2,1-3H3,(H,25,26)/t16-,17+,18+,19?,20?,21?,23+,24-/m1/s1. The van der Waals surface area contributed by atoms with Crippen molar-refractivity contribution in [3.05, 3.63) is 0 Å². The molecule has 0 amide bonds. The second kappa shape index (κ2) is 6.82. The third-order valence-corrected chi connectivity index (χ3v) is 10.2. The molecule has 0 saturated heterocycles. The van der Waals surface area contributed by atoms with Gasteiger partial charge < -0.3 is 5.11 Å². The molecule has 4 fully saturated rings. The van der Waals surface area contributed by atoms with Gasteiger partial charge in [0.25, 0.3) is 0 Å². The summed E-state index contributed by atoms with van der Waals surface area (Å²) in [5.41, 5.74) is 1.12. The van der Waals surface area contributed by atoms with Crippen molar-refractivity contribution in [2.45, 2.75) is 97.8 Å². The third-order valence-electron chi connectivity index (χ3n) is 10.2. The maximum Gasteiger partial charge on any atom is 0.303 e. The number of fused-ring (bicyclic) bond motifs is 5. The lowest BCUT2D eigenvalue weighted by Crippen LogP contribution is -2.53. The van der Waals surface area contributed by atoms with Crippen molar-refractivity contribution >= 4 is 5.97 Å². The molecule has 8 atom stereocenters. The van der Waals surface area contributed by atoms with Crippen molar-refractivity contribution in [3.8, 4) is 0 Å². The van der Waals surface area contributed by atoms with E-state index in [0.717, 1.165) is 36.0 Å². The molecule has 0 radical (unpaired) electrons. The molecule has 0 aromatic heterocycles. The smallest absolute Gasteiger partial charge is 0.303 e. The molecular weight excluding hydrogens is 320 g/mol. The molecule has 4 rings (SSSR count). The Morgan fingerprint density at radius 2 is 1.73 bits per heavy atom. The Kier molecular flexibility index (Phi) is 4.93. The second-order valence-electron chi connectivity index (χ2n) is 11.0. The first-order chi connectivity index (χ1) is 12.4. The summed E-state index contributed by atoms with van der Waals surface area (Å²) in [4.78, 5) is 11.0. The van der Waals surface area contributed by atoms with E-state index in [2.05, 4.69) is 20.8 Å². The monoisotopic (exact) mass is 360 g/mol. The number of carboxylic acids is 1. The molecule has 26 heavy (non-hydrogen) atoms. The molecule has 0 heterocycles. The van der Waals surface area contributed by atoms with Gasteiger partial charge in [0.15, 0.2) is 0 Å². The average molecular weight is 361 g/mol. The first-order valence-electron chi connectivity index (χ1n) is 11.6. The Balaban J connectivity index is 1.52. The van der Waals surface area contributed by atoms with Crippen molar-refractivity contribution in [1.29, 1.82) is 0 Å². The zero-order chi connectivity index (χ0) is 18.5. The lowest BCUT2D eigenvalue weighted by Gasteiger charge is -2.61. The summed E-state index contributed by atoms with van der Waals surface area (Å²) in [6, 6.07) is 0. The van der Waals surface area contributed by atoms with Gasteiger partial charge in [0, 0.05) is 6.42 Å². The molecule has 3 unspecified atom stereocenters. The molecule has 0 bridgehead atoms. The van der Waals surface area contributed by atoms with Crippen molar-refractivity contribution in [3.63, 3.8) is 0 Å². The van der Waals surface area contributed by atoms with Gasteiger partial charge in [0.1, 0.15) is 0 Å². The quantitative estimate of drug-likeness (QED) is 0.618. The zero-order valence-electron chi connectivity index (χ0n) is 17.3. The van der Waals surface area contributed by atoms with E-state index < -0.39 is 5.97 Å². The van der Waals surface area contributed by atoms with Crippen LogP contribution in [0.5, 0.6) is 0 Å². The molecule has 0 aliphatic heterocycles. The molecule has 4 aliphatic carbocycles. The minimum absolute atomic E-state index is 0.351. The highest BCUT2D eigenvalue weighted by atomic mass is 16.4. The molecule has 4 saturated carbocycles. The summed E-state index contributed by atoms with van der Waals surface area (Å²) >= 11 is 0. The molecule has 1 N–H and O–H groups in total. The molecule has 2 heteroatoms. The van der Waals surface area contributed by atoms with E-state index in [-0.39, 0.29) is 0 Å². The highest BCUT2D eigenvalue weighted by Gasteiger charge is 2.60. The highest BCUT2D eigenvalue weighted by molar-refractivity contribution is 5.66. The lowest BCUT2D eigenvalue weighted by molar-refractivity contribution is -0.137. The first kappa shape index (κ1) is 18.8. The van der Waals surface area contributed by atoms with Crippen LogP contribution in [0.2, 0.25) is 0 Å². The van der Waals surface area contributed by atoms with Crippen LogP contribution in [0, 0.1) is 46.3 Å². The van der Waals surface area contributed by atoms with Gasteiger partial charge in [-0.15, -0.1) is 0 Å². The molecule has 0 aromatic rings. The number of hydrogen-bond donors (Lipinski definition) is 1. The van der Waals surface area contributed by atoms with Crippen molar-refractivity contribution in [2.24, 2.45) is 46.3 Å². The van der Waals surface area contributed by atoms with Gasteiger partial charge in [-0.2, -0.15) is 0 Å². The summed E-state index contributed by atoms with van der Waals surface area (Å²) in [5.74, 6) is 4.57. The lowest BCUT2D eigenvalue weighted by atomic mass is 9.44. The van der Waals surface area contributed by atoms with Crippen LogP contribution in [-0.4, -0.2) is 11.1 Å². The topological polar surface area (TPSA) is 37.3 Å². The third kappa shape index (κ3) is 2.85. The fraction of sp³-hybridized carbons (Fsp3) is 0.958. The number of carboxylic acid groups (broad SMARTS) is 1. The average Bonchev–Trinajstić information content (AvgIpc) is 2.96. The van der Waals surface area contributed by atoms with Crippen LogP contribution in [-0.2, 0) is 4.79 Å². The van der Waals surface area contributed by atoms with Gasteiger partial charge in [-0.05, 0) is 104 Å². The van der Waals surface area contributed by atoms with E-state index in [0.29, 0.717) is 23.2 Å². The zero-order valence-corrected chi connectivity index (χ0v) is 17.3. The van der Waals surface area contributed by atoms with E-state index >= 15 is 0 Å². The van der Waals surface area contributed by atoms with E-state index in [1.54, 1.807) is 0 Å². The van der Waals surface area contributed by atoms with E-state index in [4.69, 9.17) is 5.11 Å². The summed E-state index contributed by atoms with van der Waals surface area (Å²) in [6.45, 7) is 7.60. The van der Waals surface area contributed by atoms with E-state index in [1.807, 2.05) is 0 Å². The molecule has 0 aromatic carbocycles. The summed E-state index contributed by atoms with van der Waals surface area (Å²) < 4.78 is 0. The summed E-state index contributed by atoms with van der Waals surface area (Å²) in [6.07, 6.45) is 15.7. The fourth-order valence-electron chi connectivity index (χ4n) is 8.82. The predicted octanol–water partition coefficient (Wildman–Crippen LogP) is 6.54. The van der Waals surface area contributed by atoms with Crippen LogP contribution in [0.15, 0.2) is 0 Å². The number of rotatable bonds is 4. The minimum atomic E-state index is -0.621. The Labute approximate surface area is 160 Å². The van der Waals surface area contributed by atoms with Gasteiger partial charge in [-0.3, -0.25) is 4.79 Å². The summed E-state index contributed by atoms with van der Waals surface area (Å²) in [7, 11) is 0. The second-order valence-corrected chi connectivity index (χ2v) is 11.0. The number of hydrogen-bond acceptors (Lipinski definition) is 1. The van der Waals surface area contributed by atoms with E-state index in [9.17, 15) is 4.79 Å². The van der Waals surface area contributed by atoms with Crippen LogP contribution in [0.3, 0.4) is 0 Å². The highest BCUT2D eigenvalue weighted by Crippen LogP contribution is 2.68. The van der Waals surface area contributed by atoms with Crippen LogP contribution in [0.25, 0.3) is 0 Å². The Hall–Kier alpha value is -0.530. The minimum Gasteiger partial charge on any atom is -0.481 e. The Morgan fingerprint density at radius 3 is 2.50 bits per heavy atom. The van der Waals surface area contributed by atoms with Crippen LogP contribution >= 0.6 is 0 Å². The Morgan fingerprint density at radius 1 is 0.962 bits per heavy atom. The van der Waals surface area contributed by atoms with Gasteiger partial charge >= 0.3 is 5.97 Å². The maximum atomic E-state index is 11.0. The van der Waals surface area contributed by atoms with Crippen LogP contribution in [0.1, 0.15) is 97.8 Å². The molecule has 4 aliphatic rings. The maximum absolute atomic E-state index is 11.0. The number of carbonyl (C=O) groups is 1. The molecular formula is C24H40O2. The SMILES string of the molecule is C[C@H](CCC(=O)O)C1CCC2[C@@H]3CC[C@@H]4CCCC[C@]4(C)C3CC[C@@]21C. The van der Waals surface area contributed by atoms with Crippen molar-refractivity contribution < 1.29 is 9.90 Å². The molecule has 2 nitrogen and oxygen atoms in total. The number of aliphatic carboxylic acids is 1. The van der Waals surface area contributed by atoms with Gasteiger partial charge in [-0.1, -0.05) is 33.6 Å². The van der Waals surface area contributed by atoms with E-state index in [1.165, 1.54) is 64.2 Å². The normalized spacial score (nSPS) is 49.0. The van der Waals surface area contributed by atoms with Gasteiger partial charge in [0.2, 0.25) is 0 Å². The summed E-state index contributed by atoms with van der Waals surface area (Å²) in [5, 5.41) is 9.09. The molecule has 148 valence electrons. The van der Waals surface area contributed by atoms with Crippen molar-refractivity contribution in [2.75, 3.05) is 0 Å². The van der Waals surface area contributed by atoms with Crippen LogP contribution < -0.4 is 0 Å². The van der Waals surface area contributed by atoms with Crippen LogP contribution in [0.4, 0.5) is 0 Å². The Bertz CT molecular complexity index is 542. The molecule has 0 spiro atoms. The largest absolute Gasteiger partial charge is 0.481 e.